The molecule has 1 heterocycles. The zero-order valence-electron chi connectivity index (χ0n) is 11.4. The van der Waals surface area contributed by atoms with Crippen LogP contribution in [-0.2, 0) is 0 Å². The van der Waals surface area contributed by atoms with Gasteiger partial charge in [0.25, 0.3) is 5.91 Å². The minimum absolute atomic E-state index is 0.0463. The molecule has 0 radical (unpaired) electrons. The van der Waals surface area contributed by atoms with E-state index in [9.17, 15) is 20.1 Å². The van der Waals surface area contributed by atoms with Crippen LogP contribution < -0.4 is 5.43 Å². The summed E-state index contributed by atoms with van der Waals surface area (Å²) in [5, 5.41) is 31.8. The summed E-state index contributed by atoms with van der Waals surface area (Å²) in [6.45, 7) is 3.45. The topological polar surface area (TPSA) is 115 Å². The Labute approximate surface area is 120 Å². The average molecular weight is 290 g/mol. The van der Waals surface area contributed by atoms with E-state index in [1.165, 1.54) is 0 Å². The molecule has 0 spiro atoms. The second kappa shape index (κ2) is 5.58. The van der Waals surface area contributed by atoms with Gasteiger partial charge in [-0.25, -0.2) is 5.43 Å². The molecule has 110 valence electrons. The third kappa shape index (κ3) is 3.14. The number of aromatic hydroxyl groups is 3. The first-order chi connectivity index (χ1) is 9.88. The lowest BCUT2D eigenvalue weighted by atomic mass is 10.2. The van der Waals surface area contributed by atoms with Gasteiger partial charge in [-0.1, -0.05) is 0 Å². The van der Waals surface area contributed by atoms with Gasteiger partial charge in [0.05, 0.1) is 0 Å². The van der Waals surface area contributed by atoms with Crippen molar-refractivity contribution >= 4 is 11.6 Å². The van der Waals surface area contributed by atoms with Crippen LogP contribution in [0.5, 0.6) is 17.2 Å². The molecular weight excluding hydrogens is 276 g/mol. The smallest absolute Gasteiger partial charge is 0.271 e. The van der Waals surface area contributed by atoms with E-state index in [1.807, 2.05) is 0 Å². The number of hydrogen-bond acceptors (Lipinski definition) is 6. The standard InChI is InChI=1S/C14H14N2O5/c1-7-3-4-12(21-7)8(2)15-16-14(20)9-5-10(17)13(19)11(18)6-9/h3-6,17-19H,1-2H3,(H,16,20). The van der Waals surface area contributed by atoms with Crippen molar-refractivity contribution in [2.24, 2.45) is 5.10 Å². The van der Waals surface area contributed by atoms with Crippen molar-refractivity contribution in [2.45, 2.75) is 13.8 Å². The van der Waals surface area contributed by atoms with Crippen LogP contribution in [0.15, 0.2) is 33.8 Å². The highest BCUT2D eigenvalue weighted by atomic mass is 16.3. The summed E-state index contributed by atoms with van der Waals surface area (Å²) in [6, 6.07) is 5.53. The Balaban J connectivity index is 2.15. The fourth-order valence-corrected chi connectivity index (χ4v) is 1.62. The van der Waals surface area contributed by atoms with E-state index in [1.54, 1.807) is 26.0 Å². The molecule has 0 aliphatic heterocycles. The van der Waals surface area contributed by atoms with E-state index in [0.29, 0.717) is 11.5 Å². The van der Waals surface area contributed by atoms with Gasteiger partial charge in [-0.05, 0) is 38.1 Å². The number of aryl methyl sites for hydroxylation is 1. The summed E-state index contributed by atoms with van der Waals surface area (Å²) < 4.78 is 5.34. The van der Waals surface area contributed by atoms with Crippen molar-refractivity contribution in [3.8, 4) is 17.2 Å². The van der Waals surface area contributed by atoms with Crippen LogP contribution in [0, 0.1) is 6.92 Å². The highest BCUT2D eigenvalue weighted by Gasteiger charge is 2.13. The van der Waals surface area contributed by atoms with Crippen LogP contribution in [0.25, 0.3) is 0 Å². The zero-order chi connectivity index (χ0) is 15.6. The molecule has 0 saturated carbocycles. The van der Waals surface area contributed by atoms with Crippen molar-refractivity contribution in [2.75, 3.05) is 0 Å². The highest BCUT2D eigenvalue weighted by molar-refractivity contribution is 5.99. The van der Waals surface area contributed by atoms with Crippen molar-refractivity contribution in [1.29, 1.82) is 0 Å². The molecule has 1 amide bonds. The normalized spacial score (nSPS) is 11.4. The molecule has 0 aliphatic carbocycles. The first-order valence-electron chi connectivity index (χ1n) is 6.05. The van der Waals surface area contributed by atoms with E-state index >= 15 is 0 Å². The molecule has 1 aromatic heterocycles. The Morgan fingerprint density at radius 3 is 2.33 bits per heavy atom. The Hall–Kier alpha value is -2.96. The Morgan fingerprint density at radius 1 is 1.19 bits per heavy atom. The second-order valence-corrected chi connectivity index (χ2v) is 4.41. The summed E-state index contributed by atoms with van der Waals surface area (Å²) in [4.78, 5) is 11.8. The summed E-state index contributed by atoms with van der Waals surface area (Å²) in [7, 11) is 0. The maximum Gasteiger partial charge on any atom is 0.271 e. The quantitative estimate of drug-likeness (QED) is 0.391. The van der Waals surface area contributed by atoms with E-state index in [2.05, 4.69) is 10.5 Å². The number of carbonyl (C=O) groups is 1. The molecule has 21 heavy (non-hydrogen) atoms. The van der Waals surface area contributed by atoms with Crippen molar-refractivity contribution in [1.82, 2.24) is 5.43 Å². The highest BCUT2D eigenvalue weighted by Crippen LogP contribution is 2.35. The second-order valence-electron chi connectivity index (χ2n) is 4.41. The van der Waals surface area contributed by atoms with Crippen LogP contribution in [0.2, 0.25) is 0 Å². The molecule has 0 fully saturated rings. The molecule has 1 aromatic carbocycles. The molecule has 2 rings (SSSR count). The van der Waals surface area contributed by atoms with Gasteiger partial charge < -0.3 is 19.7 Å². The number of carbonyl (C=O) groups excluding carboxylic acids is 1. The maximum absolute atomic E-state index is 11.8. The first-order valence-corrected chi connectivity index (χ1v) is 6.05. The maximum atomic E-state index is 11.8. The van der Waals surface area contributed by atoms with Gasteiger partial charge in [-0.3, -0.25) is 4.79 Å². The zero-order valence-corrected chi connectivity index (χ0v) is 11.4. The van der Waals surface area contributed by atoms with E-state index < -0.39 is 23.2 Å². The fourth-order valence-electron chi connectivity index (χ4n) is 1.62. The van der Waals surface area contributed by atoms with Crippen LogP contribution >= 0.6 is 0 Å². The number of nitrogens with one attached hydrogen (secondary N) is 1. The van der Waals surface area contributed by atoms with Gasteiger partial charge in [0.15, 0.2) is 17.2 Å². The number of phenols is 3. The Kier molecular flexibility index (Phi) is 3.84. The number of amides is 1. The lowest BCUT2D eigenvalue weighted by molar-refractivity contribution is 0.0954. The van der Waals surface area contributed by atoms with Crippen LogP contribution in [-0.4, -0.2) is 26.9 Å². The number of rotatable bonds is 3. The lowest BCUT2D eigenvalue weighted by Gasteiger charge is -2.05. The van der Waals surface area contributed by atoms with Gasteiger partial charge in [0.2, 0.25) is 0 Å². The van der Waals surface area contributed by atoms with Gasteiger partial charge in [-0.2, -0.15) is 5.10 Å². The van der Waals surface area contributed by atoms with Gasteiger partial charge in [-0.15, -0.1) is 0 Å². The molecule has 0 bridgehead atoms. The average Bonchev–Trinajstić information content (AvgIpc) is 2.87. The number of benzene rings is 1. The SMILES string of the molecule is CC(=NNC(=O)c1cc(O)c(O)c(O)c1)c1ccc(C)o1. The van der Waals surface area contributed by atoms with Crippen LogP contribution in [0.3, 0.4) is 0 Å². The number of hydrazone groups is 1. The van der Waals surface area contributed by atoms with Crippen molar-refractivity contribution < 1.29 is 24.5 Å². The minimum Gasteiger partial charge on any atom is -0.504 e. The number of nitrogens with zero attached hydrogens (tertiary/aromatic N) is 1. The molecule has 0 aliphatic rings. The molecule has 7 heteroatoms. The van der Waals surface area contributed by atoms with E-state index in [0.717, 1.165) is 17.9 Å². The lowest BCUT2D eigenvalue weighted by Crippen LogP contribution is -2.19. The van der Waals surface area contributed by atoms with E-state index in [4.69, 9.17) is 4.42 Å². The van der Waals surface area contributed by atoms with Crippen LogP contribution in [0.1, 0.15) is 28.8 Å². The van der Waals surface area contributed by atoms with Crippen molar-refractivity contribution in [3.63, 3.8) is 0 Å². The van der Waals surface area contributed by atoms with Gasteiger partial charge in [0, 0.05) is 5.56 Å². The Morgan fingerprint density at radius 2 is 1.81 bits per heavy atom. The number of hydrogen-bond donors (Lipinski definition) is 4. The minimum atomic E-state index is -0.683. The predicted octanol–water partition coefficient (Wildman–Crippen LogP) is 1.86. The summed E-state index contributed by atoms with van der Waals surface area (Å²) in [5.41, 5.74) is 2.68. The predicted molar refractivity (Wildman–Crippen MR) is 74.6 cm³/mol. The molecule has 2 aromatic rings. The fraction of sp³-hybridized carbons (Fsp3) is 0.143. The van der Waals surface area contributed by atoms with Crippen molar-refractivity contribution in [3.05, 3.63) is 41.3 Å². The first kappa shape index (κ1) is 14.4. The largest absolute Gasteiger partial charge is 0.504 e. The molecule has 4 N–H and O–H groups in total. The van der Waals surface area contributed by atoms with Crippen LogP contribution in [0.4, 0.5) is 0 Å². The number of phenolic OH excluding ortho intramolecular Hbond substituents is 3. The monoisotopic (exact) mass is 290 g/mol. The summed E-state index contributed by atoms with van der Waals surface area (Å²) >= 11 is 0. The summed E-state index contributed by atoms with van der Waals surface area (Å²) in [5.74, 6) is -1.28. The molecule has 0 atom stereocenters. The van der Waals surface area contributed by atoms with E-state index in [-0.39, 0.29) is 5.56 Å². The number of furan rings is 1. The van der Waals surface area contributed by atoms with Gasteiger partial charge >= 0.3 is 0 Å². The summed E-state index contributed by atoms with van der Waals surface area (Å²) in [6.07, 6.45) is 0. The molecule has 0 unspecified atom stereocenters. The third-order valence-corrected chi connectivity index (χ3v) is 2.75. The Bertz CT molecular complexity index is 695. The molecule has 0 saturated heterocycles. The molecule has 7 nitrogen and oxygen atoms in total. The third-order valence-electron chi connectivity index (χ3n) is 2.75. The van der Waals surface area contributed by atoms with Gasteiger partial charge in [0.1, 0.15) is 17.2 Å². The molecular formula is C14H14N2O5.